The summed E-state index contributed by atoms with van der Waals surface area (Å²) >= 11 is 0. The number of aryl methyl sites for hydroxylation is 1. The van der Waals surface area contributed by atoms with E-state index >= 15 is 0 Å². The standard InChI is InChI=1S/C26H19N3O/c1-27-20-8-5-7-18(14-20)19-11-13-25-23(15-19)24(29-28-2)16-26(30-25)22-12-10-17-6-3-4-9-21(17)22/h3-9,11,13-15,22,26H,10,12,16H2/b29-24+. The van der Waals surface area contributed by atoms with Gasteiger partial charge in [-0.15, -0.1) is 4.95 Å². The smallest absolute Gasteiger partial charge is 0.187 e. The molecule has 0 spiro atoms. The highest BCUT2D eigenvalue weighted by Crippen LogP contribution is 2.42. The van der Waals surface area contributed by atoms with E-state index in [1.54, 1.807) is 6.07 Å². The number of hydrogen-bond acceptors (Lipinski definition) is 2. The molecule has 2 aliphatic rings. The predicted molar refractivity (Wildman–Crippen MR) is 118 cm³/mol. The van der Waals surface area contributed by atoms with Gasteiger partial charge in [0.05, 0.1) is 11.7 Å². The molecule has 144 valence electrons. The third-order valence-electron chi connectivity index (χ3n) is 6.07. The van der Waals surface area contributed by atoms with E-state index in [2.05, 4.69) is 39.2 Å². The number of benzene rings is 3. The molecule has 0 bridgehead atoms. The second-order valence-corrected chi connectivity index (χ2v) is 7.72. The van der Waals surface area contributed by atoms with Gasteiger partial charge in [0, 0.05) is 17.9 Å². The SMILES string of the molecule is [C-]#[N+]/N=C1\CC(C2CCc3ccccc32)Oc2ccc(-c3cccc([N+]#[C-])c3)cc21. The topological polar surface area (TPSA) is 30.3 Å². The Hall–Kier alpha value is -3.89. The van der Waals surface area contributed by atoms with Crippen molar-refractivity contribution < 1.29 is 4.74 Å². The summed E-state index contributed by atoms with van der Waals surface area (Å²) in [6, 6.07) is 22.2. The lowest BCUT2D eigenvalue weighted by Gasteiger charge is -2.31. The van der Waals surface area contributed by atoms with Gasteiger partial charge in [-0.1, -0.05) is 48.5 Å². The predicted octanol–water partition coefficient (Wildman–Crippen LogP) is 6.41. The molecule has 4 nitrogen and oxygen atoms in total. The van der Waals surface area contributed by atoms with E-state index in [0.717, 1.165) is 41.0 Å². The fourth-order valence-corrected chi connectivity index (χ4v) is 4.65. The highest BCUT2D eigenvalue weighted by molar-refractivity contribution is 6.05. The van der Waals surface area contributed by atoms with Crippen molar-refractivity contribution in [3.05, 3.63) is 106 Å². The second kappa shape index (κ2) is 7.50. The fraction of sp³-hybridized carbons (Fsp3) is 0.192. The third-order valence-corrected chi connectivity index (χ3v) is 6.07. The Balaban J connectivity index is 1.52. The summed E-state index contributed by atoms with van der Waals surface area (Å²) in [4.78, 5) is 6.86. The first-order valence-electron chi connectivity index (χ1n) is 10.1. The molecular formula is C26H19N3O. The van der Waals surface area contributed by atoms with Crippen molar-refractivity contribution in [3.63, 3.8) is 0 Å². The Bertz CT molecular complexity index is 1250. The molecule has 2 unspecified atom stereocenters. The Morgan fingerprint density at radius 2 is 1.80 bits per heavy atom. The van der Waals surface area contributed by atoms with Crippen LogP contribution < -0.4 is 4.74 Å². The molecular weight excluding hydrogens is 370 g/mol. The maximum Gasteiger partial charge on any atom is 0.187 e. The second-order valence-electron chi connectivity index (χ2n) is 7.72. The molecule has 5 rings (SSSR count). The first kappa shape index (κ1) is 18.2. The van der Waals surface area contributed by atoms with Crippen LogP contribution in [0.1, 0.15) is 35.4 Å². The lowest BCUT2D eigenvalue weighted by molar-refractivity contribution is 0.170. The van der Waals surface area contributed by atoms with Crippen molar-refractivity contribution in [2.45, 2.75) is 31.3 Å². The van der Waals surface area contributed by atoms with E-state index in [-0.39, 0.29) is 6.10 Å². The van der Waals surface area contributed by atoms with Gasteiger partial charge >= 0.3 is 0 Å². The van der Waals surface area contributed by atoms with Gasteiger partial charge in [0.15, 0.2) is 5.69 Å². The maximum atomic E-state index is 7.31. The highest BCUT2D eigenvalue weighted by atomic mass is 16.5. The van der Waals surface area contributed by atoms with E-state index < -0.39 is 0 Å². The van der Waals surface area contributed by atoms with Crippen LogP contribution in [0.3, 0.4) is 0 Å². The molecule has 0 amide bonds. The molecule has 0 saturated carbocycles. The van der Waals surface area contributed by atoms with Gasteiger partial charge in [-0.3, -0.25) is 0 Å². The summed E-state index contributed by atoms with van der Waals surface area (Å²) in [7, 11) is 0. The van der Waals surface area contributed by atoms with Crippen LogP contribution >= 0.6 is 0 Å². The molecule has 30 heavy (non-hydrogen) atoms. The van der Waals surface area contributed by atoms with Crippen LogP contribution in [0.5, 0.6) is 5.75 Å². The Labute approximate surface area is 176 Å². The first-order valence-corrected chi connectivity index (χ1v) is 10.1. The minimum atomic E-state index is -0.0158. The molecule has 0 saturated heterocycles. The normalized spacial score (nSPS) is 20.5. The fourth-order valence-electron chi connectivity index (χ4n) is 4.65. The molecule has 3 aromatic carbocycles. The molecule has 0 fully saturated rings. The zero-order valence-corrected chi connectivity index (χ0v) is 16.4. The Kier molecular flexibility index (Phi) is 4.54. The minimum Gasteiger partial charge on any atom is -0.489 e. The van der Waals surface area contributed by atoms with Crippen molar-refractivity contribution in [2.24, 2.45) is 5.10 Å². The van der Waals surface area contributed by atoms with Gasteiger partial charge in [-0.2, -0.15) is 6.57 Å². The highest BCUT2D eigenvalue weighted by Gasteiger charge is 2.36. The molecule has 4 heteroatoms. The van der Waals surface area contributed by atoms with Gasteiger partial charge in [0.1, 0.15) is 17.6 Å². The largest absolute Gasteiger partial charge is 0.489 e. The van der Waals surface area contributed by atoms with Crippen molar-refractivity contribution in [1.82, 2.24) is 0 Å². The van der Waals surface area contributed by atoms with Crippen molar-refractivity contribution >= 4 is 11.4 Å². The van der Waals surface area contributed by atoms with E-state index in [0.29, 0.717) is 18.0 Å². The average Bonchev–Trinajstić information content (AvgIpc) is 3.23. The zero-order chi connectivity index (χ0) is 20.5. The summed E-state index contributed by atoms with van der Waals surface area (Å²) in [5.41, 5.74) is 6.99. The molecule has 1 heterocycles. The number of nitrogens with zero attached hydrogens (tertiary/aromatic N) is 3. The molecule has 2 atom stereocenters. The molecule has 0 radical (unpaired) electrons. The van der Waals surface area contributed by atoms with Crippen LogP contribution in [0.4, 0.5) is 5.69 Å². The van der Waals surface area contributed by atoms with E-state index in [1.165, 1.54) is 11.1 Å². The first-order chi connectivity index (χ1) is 14.8. The Morgan fingerprint density at radius 3 is 2.67 bits per heavy atom. The maximum absolute atomic E-state index is 7.31. The van der Waals surface area contributed by atoms with Crippen LogP contribution in [-0.2, 0) is 6.42 Å². The van der Waals surface area contributed by atoms with Gasteiger partial charge in [0.2, 0.25) is 0 Å². The van der Waals surface area contributed by atoms with Crippen molar-refractivity contribution in [3.8, 4) is 16.9 Å². The summed E-state index contributed by atoms with van der Waals surface area (Å²) in [6.45, 7) is 14.6. The van der Waals surface area contributed by atoms with Crippen molar-refractivity contribution in [1.29, 1.82) is 0 Å². The molecule has 1 aliphatic carbocycles. The molecule has 0 aromatic heterocycles. The van der Waals surface area contributed by atoms with E-state index in [4.69, 9.17) is 17.9 Å². The van der Waals surface area contributed by atoms with Crippen LogP contribution in [0.25, 0.3) is 20.9 Å². The monoisotopic (exact) mass is 389 g/mol. The minimum absolute atomic E-state index is 0.0158. The number of hydrogen-bond donors (Lipinski definition) is 0. The lowest BCUT2D eigenvalue weighted by Crippen LogP contribution is -2.32. The lowest BCUT2D eigenvalue weighted by atomic mass is 9.87. The van der Waals surface area contributed by atoms with Crippen LogP contribution in [0, 0.1) is 13.1 Å². The quantitative estimate of drug-likeness (QED) is 0.368. The van der Waals surface area contributed by atoms with Crippen LogP contribution in [0.2, 0.25) is 0 Å². The van der Waals surface area contributed by atoms with E-state index in [1.807, 2.05) is 36.4 Å². The number of rotatable bonds is 2. The Morgan fingerprint density at radius 1 is 0.933 bits per heavy atom. The van der Waals surface area contributed by atoms with Crippen LogP contribution in [0.15, 0.2) is 71.8 Å². The summed E-state index contributed by atoms with van der Waals surface area (Å²) in [6.07, 6.45) is 2.74. The molecule has 0 N–H and O–H groups in total. The van der Waals surface area contributed by atoms with E-state index in [9.17, 15) is 0 Å². The van der Waals surface area contributed by atoms with Crippen molar-refractivity contribution in [2.75, 3.05) is 0 Å². The summed E-state index contributed by atoms with van der Waals surface area (Å²) in [5, 5.41) is 4.15. The zero-order valence-electron chi connectivity index (χ0n) is 16.4. The molecule has 3 aromatic rings. The third kappa shape index (κ3) is 3.13. The van der Waals surface area contributed by atoms with Gasteiger partial charge < -0.3 is 4.74 Å². The summed E-state index contributed by atoms with van der Waals surface area (Å²) in [5.74, 6) is 1.10. The van der Waals surface area contributed by atoms with Crippen LogP contribution in [-0.4, -0.2) is 11.8 Å². The average molecular weight is 389 g/mol. The van der Waals surface area contributed by atoms with Gasteiger partial charge in [-0.25, -0.2) is 4.85 Å². The summed E-state index contributed by atoms with van der Waals surface area (Å²) < 4.78 is 6.45. The number of ether oxygens (including phenoxy) is 1. The van der Waals surface area contributed by atoms with Gasteiger partial charge in [0.25, 0.3) is 0 Å². The van der Waals surface area contributed by atoms with Gasteiger partial charge in [-0.05, 0) is 53.3 Å². The number of fused-ring (bicyclic) bond motifs is 2. The molecule has 1 aliphatic heterocycles.